The predicted octanol–water partition coefficient (Wildman–Crippen LogP) is 3.27. The van der Waals surface area contributed by atoms with Crippen LogP contribution in [0.2, 0.25) is 0 Å². The SMILES string of the molecule is C=CCc1cc(C(=O)Nc2ccc(-n3cncn3)cc2)cc(OC)c1OC. The van der Waals surface area contributed by atoms with Gasteiger partial charge < -0.3 is 14.8 Å². The number of nitrogens with one attached hydrogen (secondary N) is 1. The van der Waals surface area contributed by atoms with Gasteiger partial charge in [-0.3, -0.25) is 4.79 Å². The highest BCUT2D eigenvalue weighted by atomic mass is 16.5. The number of hydrogen-bond donors (Lipinski definition) is 1. The molecule has 1 amide bonds. The lowest BCUT2D eigenvalue weighted by atomic mass is 10.0. The number of aromatic nitrogens is 3. The van der Waals surface area contributed by atoms with Gasteiger partial charge in [0.1, 0.15) is 12.7 Å². The minimum Gasteiger partial charge on any atom is -0.493 e. The first kappa shape index (κ1) is 18.2. The second-order valence-electron chi connectivity index (χ2n) is 5.70. The molecule has 0 radical (unpaired) electrons. The van der Waals surface area contributed by atoms with E-state index in [4.69, 9.17) is 9.47 Å². The fraction of sp³-hybridized carbons (Fsp3) is 0.150. The number of hydrogen-bond acceptors (Lipinski definition) is 5. The monoisotopic (exact) mass is 364 g/mol. The van der Waals surface area contributed by atoms with Crippen molar-refractivity contribution in [2.45, 2.75) is 6.42 Å². The van der Waals surface area contributed by atoms with Crippen LogP contribution in [-0.2, 0) is 6.42 Å². The summed E-state index contributed by atoms with van der Waals surface area (Å²) in [6.45, 7) is 3.75. The molecule has 0 atom stereocenters. The van der Waals surface area contributed by atoms with Crippen LogP contribution in [0.4, 0.5) is 5.69 Å². The van der Waals surface area contributed by atoms with Gasteiger partial charge in [-0.2, -0.15) is 5.10 Å². The van der Waals surface area contributed by atoms with Crippen molar-refractivity contribution in [1.82, 2.24) is 14.8 Å². The summed E-state index contributed by atoms with van der Waals surface area (Å²) in [5.41, 5.74) is 2.83. The van der Waals surface area contributed by atoms with E-state index in [1.165, 1.54) is 6.33 Å². The molecule has 0 spiro atoms. The first-order valence-electron chi connectivity index (χ1n) is 8.28. The van der Waals surface area contributed by atoms with E-state index in [0.29, 0.717) is 29.2 Å². The van der Waals surface area contributed by atoms with Crippen molar-refractivity contribution in [2.24, 2.45) is 0 Å². The number of benzene rings is 2. The molecule has 7 nitrogen and oxygen atoms in total. The molecule has 0 aliphatic heterocycles. The van der Waals surface area contributed by atoms with Gasteiger partial charge in [-0.25, -0.2) is 9.67 Å². The van der Waals surface area contributed by atoms with Gasteiger partial charge in [0.25, 0.3) is 5.91 Å². The van der Waals surface area contributed by atoms with Crippen LogP contribution in [0.15, 0.2) is 61.7 Å². The first-order chi connectivity index (χ1) is 13.2. The molecule has 138 valence electrons. The number of methoxy groups -OCH3 is 2. The Morgan fingerprint density at radius 2 is 2.00 bits per heavy atom. The van der Waals surface area contributed by atoms with Crippen molar-refractivity contribution >= 4 is 11.6 Å². The Morgan fingerprint density at radius 3 is 2.59 bits per heavy atom. The summed E-state index contributed by atoms with van der Waals surface area (Å²) >= 11 is 0. The van der Waals surface area contributed by atoms with Gasteiger partial charge in [-0.05, 0) is 42.8 Å². The standard InChI is InChI=1S/C20H20N4O3/c1-4-5-14-10-15(11-18(26-2)19(14)27-3)20(25)23-16-6-8-17(9-7-16)24-13-21-12-22-24/h4,6-13H,1,5H2,2-3H3,(H,23,25). The molecule has 0 saturated carbocycles. The van der Waals surface area contributed by atoms with Crippen molar-refractivity contribution in [3.05, 3.63) is 72.8 Å². The zero-order valence-electron chi connectivity index (χ0n) is 15.2. The van der Waals surface area contributed by atoms with Gasteiger partial charge in [-0.1, -0.05) is 6.08 Å². The van der Waals surface area contributed by atoms with Gasteiger partial charge in [0, 0.05) is 16.8 Å². The van der Waals surface area contributed by atoms with Crippen molar-refractivity contribution in [3.8, 4) is 17.2 Å². The summed E-state index contributed by atoms with van der Waals surface area (Å²) in [5, 5.41) is 6.95. The van der Waals surface area contributed by atoms with Crippen molar-refractivity contribution < 1.29 is 14.3 Å². The van der Waals surface area contributed by atoms with E-state index in [-0.39, 0.29) is 5.91 Å². The molecule has 1 N–H and O–H groups in total. The number of anilines is 1. The molecule has 0 unspecified atom stereocenters. The lowest BCUT2D eigenvalue weighted by Crippen LogP contribution is -2.13. The van der Waals surface area contributed by atoms with Crippen LogP contribution in [0, 0.1) is 0 Å². The van der Waals surface area contributed by atoms with Crippen molar-refractivity contribution in [2.75, 3.05) is 19.5 Å². The maximum absolute atomic E-state index is 12.7. The molecule has 0 aliphatic rings. The highest BCUT2D eigenvalue weighted by Crippen LogP contribution is 2.33. The third-order valence-electron chi connectivity index (χ3n) is 3.99. The number of carbonyl (C=O) groups excluding carboxylic acids is 1. The summed E-state index contributed by atoms with van der Waals surface area (Å²) in [4.78, 5) is 16.6. The topological polar surface area (TPSA) is 78.3 Å². The lowest BCUT2D eigenvalue weighted by molar-refractivity contribution is 0.102. The fourth-order valence-corrected chi connectivity index (χ4v) is 2.72. The maximum Gasteiger partial charge on any atom is 0.255 e. The Balaban J connectivity index is 1.83. The van der Waals surface area contributed by atoms with E-state index < -0.39 is 0 Å². The van der Waals surface area contributed by atoms with Gasteiger partial charge >= 0.3 is 0 Å². The van der Waals surface area contributed by atoms with E-state index in [2.05, 4.69) is 22.0 Å². The van der Waals surface area contributed by atoms with Gasteiger partial charge in [0.2, 0.25) is 0 Å². The lowest BCUT2D eigenvalue weighted by Gasteiger charge is -2.14. The number of amides is 1. The first-order valence-corrected chi connectivity index (χ1v) is 8.28. The molecule has 0 aliphatic carbocycles. The van der Waals surface area contributed by atoms with Crippen LogP contribution in [0.5, 0.6) is 11.5 Å². The Labute approximate surface area is 157 Å². The van der Waals surface area contributed by atoms with Gasteiger partial charge in [-0.15, -0.1) is 6.58 Å². The van der Waals surface area contributed by atoms with E-state index in [1.807, 2.05) is 12.1 Å². The Morgan fingerprint density at radius 1 is 1.22 bits per heavy atom. The van der Waals surface area contributed by atoms with Gasteiger partial charge in [0.15, 0.2) is 11.5 Å². The molecule has 1 aromatic heterocycles. The zero-order valence-corrected chi connectivity index (χ0v) is 15.2. The van der Waals surface area contributed by atoms with E-state index in [0.717, 1.165) is 11.3 Å². The largest absolute Gasteiger partial charge is 0.493 e. The molecule has 0 saturated heterocycles. The van der Waals surface area contributed by atoms with Crippen LogP contribution in [-0.4, -0.2) is 34.9 Å². The number of allylic oxidation sites excluding steroid dienone is 1. The summed E-state index contributed by atoms with van der Waals surface area (Å²) in [6.07, 6.45) is 5.39. The Bertz CT molecular complexity index is 935. The van der Waals surface area contributed by atoms with Crippen LogP contribution < -0.4 is 14.8 Å². The summed E-state index contributed by atoms with van der Waals surface area (Å²) in [5.74, 6) is 0.865. The van der Waals surface area contributed by atoms with Crippen LogP contribution >= 0.6 is 0 Å². The summed E-state index contributed by atoms with van der Waals surface area (Å²) in [6, 6.07) is 10.7. The second-order valence-corrected chi connectivity index (χ2v) is 5.70. The average Bonchev–Trinajstić information content (AvgIpc) is 3.23. The van der Waals surface area contributed by atoms with Crippen LogP contribution in [0.25, 0.3) is 5.69 Å². The van der Waals surface area contributed by atoms with Crippen molar-refractivity contribution in [3.63, 3.8) is 0 Å². The van der Waals surface area contributed by atoms with Crippen molar-refractivity contribution in [1.29, 1.82) is 0 Å². The molecule has 2 aromatic carbocycles. The number of ether oxygens (including phenoxy) is 2. The van der Waals surface area contributed by atoms with E-state index >= 15 is 0 Å². The third kappa shape index (κ3) is 3.98. The molecule has 0 bridgehead atoms. The molecule has 0 fully saturated rings. The maximum atomic E-state index is 12.7. The van der Waals surface area contributed by atoms with Crippen LogP contribution in [0.3, 0.4) is 0 Å². The number of carbonyl (C=O) groups is 1. The number of nitrogens with zero attached hydrogens (tertiary/aromatic N) is 3. The molecular formula is C20H20N4O3. The highest BCUT2D eigenvalue weighted by molar-refractivity contribution is 6.05. The molecule has 3 aromatic rings. The van der Waals surface area contributed by atoms with Gasteiger partial charge in [0.05, 0.1) is 19.9 Å². The zero-order chi connectivity index (χ0) is 19.2. The highest BCUT2D eigenvalue weighted by Gasteiger charge is 2.16. The normalized spacial score (nSPS) is 10.3. The molecular weight excluding hydrogens is 344 g/mol. The fourth-order valence-electron chi connectivity index (χ4n) is 2.72. The van der Waals surface area contributed by atoms with E-state index in [9.17, 15) is 4.79 Å². The summed E-state index contributed by atoms with van der Waals surface area (Å²) < 4.78 is 12.4. The Kier molecular flexibility index (Phi) is 5.51. The van der Waals surface area contributed by atoms with E-state index in [1.54, 1.807) is 55.6 Å². The average molecular weight is 364 g/mol. The minimum absolute atomic E-state index is 0.241. The quantitative estimate of drug-likeness (QED) is 0.651. The predicted molar refractivity (Wildman–Crippen MR) is 103 cm³/mol. The smallest absolute Gasteiger partial charge is 0.255 e. The molecule has 3 rings (SSSR count). The van der Waals surface area contributed by atoms with Crippen LogP contribution in [0.1, 0.15) is 15.9 Å². The minimum atomic E-state index is -0.241. The molecule has 1 heterocycles. The Hall–Kier alpha value is -3.61. The number of rotatable bonds is 7. The third-order valence-corrected chi connectivity index (χ3v) is 3.99. The molecule has 27 heavy (non-hydrogen) atoms. The summed E-state index contributed by atoms with van der Waals surface area (Å²) in [7, 11) is 3.11. The molecule has 7 heteroatoms. The second kappa shape index (κ2) is 8.18.